The lowest BCUT2D eigenvalue weighted by Gasteiger charge is -2.15. The zero-order valence-corrected chi connectivity index (χ0v) is 12.0. The lowest BCUT2D eigenvalue weighted by atomic mass is 9.91. The predicted octanol–water partition coefficient (Wildman–Crippen LogP) is 2.23. The van der Waals surface area contributed by atoms with Crippen molar-refractivity contribution in [2.75, 3.05) is 6.61 Å². The van der Waals surface area contributed by atoms with E-state index >= 15 is 0 Å². The minimum atomic E-state index is -0.504. The van der Waals surface area contributed by atoms with Gasteiger partial charge in [-0.15, -0.1) is 0 Å². The van der Waals surface area contributed by atoms with Gasteiger partial charge in [-0.05, 0) is 25.3 Å². The Hall–Kier alpha value is -2.07. The van der Waals surface area contributed by atoms with E-state index in [2.05, 4.69) is 41.2 Å². The first-order valence-corrected chi connectivity index (χ1v) is 7.15. The standard InChI is InChI=1S/C17H18N2O2/c1-12-3-2-4-14(7-12)17(5-6-17)8-16-18-9-13(10-19-16)15(21)11-20/h2-4,7,9-10,20H,5-6,8,11H2,1H3. The highest BCUT2D eigenvalue weighted by molar-refractivity contribution is 5.96. The van der Waals surface area contributed by atoms with Crippen molar-refractivity contribution in [1.82, 2.24) is 9.97 Å². The van der Waals surface area contributed by atoms with Gasteiger partial charge in [0.15, 0.2) is 5.78 Å². The highest BCUT2D eigenvalue weighted by atomic mass is 16.3. The van der Waals surface area contributed by atoms with Crippen LogP contribution in [0.4, 0.5) is 0 Å². The van der Waals surface area contributed by atoms with E-state index in [1.165, 1.54) is 23.5 Å². The van der Waals surface area contributed by atoms with Gasteiger partial charge >= 0.3 is 0 Å². The number of carbonyl (C=O) groups excluding carboxylic acids is 1. The first kappa shape index (κ1) is 13.9. The number of Topliss-reactive ketones (excluding diaryl/α,β-unsaturated/α-hetero) is 1. The molecule has 1 aliphatic rings. The van der Waals surface area contributed by atoms with Crippen LogP contribution in [0.25, 0.3) is 0 Å². The molecule has 1 N–H and O–H groups in total. The van der Waals surface area contributed by atoms with Crippen molar-refractivity contribution in [1.29, 1.82) is 0 Å². The number of aliphatic hydroxyl groups excluding tert-OH is 1. The second-order valence-electron chi connectivity index (χ2n) is 5.80. The number of aryl methyl sites for hydroxylation is 1. The average Bonchev–Trinajstić information content (AvgIpc) is 3.28. The van der Waals surface area contributed by atoms with E-state index in [1.54, 1.807) is 0 Å². The Bertz CT molecular complexity index is 661. The first-order chi connectivity index (χ1) is 10.1. The van der Waals surface area contributed by atoms with E-state index in [4.69, 9.17) is 5.11 Å². The third-order valence-corrected chi connectivity index (χ3v) is 4.15. The van der Waals surface area contributed by atoms with E-state index in [-0.39, 0.29) is 11.2 Å². The van der Waals surface area contributed by atoms with Gasteiger partial charge in [-0.25, -0.2) is 9.97 Å². The molecule has 2 aromatic rings. The molecule has 1 saturated carbocycles. The summed E-state index contributed by atoms with van der Waals surface area (Å²) in [5, 5.41) is 8.82. The molecule has 21 heavy (non-hydrogen) atoms. The highest BCUT2D eigenvalue weighted by Gasteiger charge is 2.44. The van der Waals surface area contributed by atoms with Crippen LogP contribution < -0.4 is 0 Å². The second kappa shape index (κ2) is 5.37. The smallest absolute Gasteiger partial charge is 0.191 e. The summed E-state index contributed by atoms with van der Waals surface area (Å²) >= 11 is 0. The van der Waals surface area contributed by atoms with Gasteiger partial charge in [0.25, 0.3) is 0 Å². The molecule has 4 nitrogen and oxygen atoms in total. The van der Waals surface area contributed by atoms with Gasteiger partial charge in [0.05, 0.1) is 5.56 Å². The molecule has 0 bridgehead atoms. The molecule has 1 aromatic carbocycles. The number of ketones is 1. The number of hydrogen-bond acceptors (Lipinski definition) is 4. The number of carbonyl (C=O) groups is 1. The Balaban J connectivity index is 1.79. The molecule has 1 fully saturated rings. The van der Waals surface area contributed by atoms with E-state index in [0.29, 0.717) is 5.56 Å². The van der Waals surface area contributed by atoms with Crippen LogP contribution in [-0.2, 0) is 11.8 Å². The van der Waals surface area contributed by atoms with Gasteiger partial charge in [-0.3, -0.25) is 4.79 Å². The fourth-order valence-corrected chi connectivity index (χ4v) is 2.68. The van der Waals surface area contributed by atoms with E-state index in [0.717, 1.165) is 25.1 Å². The quantitative estimate of drug-likeness (QED) is 0.854. The summed E-state index contributed by atoms with van der Waals surface area (Å²) < 4.78 is 0. The Morgan fingerprint density at radius 1 is 1.29 bits per heavy atom. The molecule has 0 amide bonds. The van der Waals surface area contributed by atoms with E-state index in [9.17, 15) is 4.79 Å². The summed E-state index contributed by atoms with van der Waals surface area (Å²) in [6, 6.07) is 8.60. The largest absolute Gasteiger partial charge is 0.388 e. The maximum Gasteiger partial charge on any atom is 0.191 e. The molecule has 4 heteroatoms. The van der Waals surface area contributed by atoms with Crippen LogP contribution in [0.5, 0.6) is 0 Å². The van der Waals surface area contributed by atoms with Crippen molar-refractivity contribution in [2.24, 2.45) is 0 Å². The summed E-state index contributed by atoms with van der Waals surface area (Å²) in [7, 11) is 0. The third-order valence-electron chi connectivity index (χ3n) is 4.15. The van der Waals surface area contributed by atoms with Gasteiger partial charge in [0.2, 0.25) is 0 Å². The monoisotopic (exact) mass is 282 g/mol. The SMILES string of the molecule is Cc1cccc(C2(Cc3ncc(C(=O)CO)cn3)CC2)c1. The maximum atomic E-state index is 11.4. The molecule has 0 saturated heterocycles. The fourth-order valence-electron chi connectivity index (χ4n) is 2.68. The molecule has 108 valence electrons. The zero-order chi connectivity index (χ0) is 14.9. The van der Waals surface area contributed by atoms with Crippen LogP contribution >= 0.6 is 0 Å². The second-order valence-corrected chi connectivity index (χ2v) is 5.80. The van der Waals surface area contributed by atoms with Crippen LogP contribution in [0.3, 0.4) is 0 Å². The maximum absolute atomic E-state index is 11.4. The van der Waals surface area contributed by atoms with E-state index < -0.39 is 6.61 Å². The van der Waals surface area contributed by atoms with Crippen molar-refractivity contribution in [3.05, 3.63) is 59.2 Å². The van der Waals surface area contributed by atoms with Crippen molar-refractivity contribution in [2.45, 2.75) is 31.6 Å². The Morgan fingerprint density at radius 2 is 2.00 bits per heavy atom. The molecule has 0 radical (unpaired) electrons. The summed E-state index contributed by atoms with van der Waals surface area (Å²) in [5.41, 5.74) is 3.14. The molecular formula is C17H18N2O2. The molecule has 0 unspecified atom stereocenters. The molecular weight excluding hydrogens is 264 g/mol. The van der Waals surface area contributed by atoms with Crippen LogP contribution in [0, 0.1) is 6.92 Å². The number of aliphatic hydroxyl groups is 1. The molecule has 1 aromatic heterocycles. The first-order valence-electron chi connectivity index (χ1n) is 7.15. The normalized spacial score (nSPS) is 15.7. The minimum absolute atomic E-state index is 0.161. The Kier molecular flexibility index (Phi) is 3.55. The minimum Gasteiger partial charge on any atom is -0.388 e. The number of hydrogen-bond donors (Lipinski definition) is 1. The number of benzene rings is 1. The predicted molar refractivity (Wildman–Crippen MR) is 79.2 cm³/mol. The number of nitrogens with zero attached hydrogens (tertiary/aromatic N) is 2. The van der Waals surface area contributed by atoms with Crippen molar-refractivity contribution in [3.8, 4) is 0 Å². The van der Waals surface area contributed by atoms with Crippen LogP contribution in [0.15, 0.2) is 36.7 Å². The highest BCUT2D eigenvalue weighted by Crippen LogP contribution is 2.50. The van der Waals surface area contributed by atoms with Gasteiger partial charge in [-0.1, -0.05) is 29.8 Å². The van der Waals surface area contributed by atoms with Gasteiger partial charge in [0, 0.05) is 24.2 Å². The molecule has 1 heterocycles. The number of aromatic nitrogens is 2. The lowest BCUT2D eigenvalue weighted by Crippen LogP contribution is -2.14. The molecule has 0 atom stereocenters. The van der Waals surface area contributed by atoms with Crippen LogP contribution in [-0.4, -0.2) is 27.5 Å². The molecule has 0 spiro atoms. The average molecular weight is 282 g/mol. The Morgan fingerprint density at radius 3 is 2.57 bits per heavy atom. The van der Waals surface area contributed by atoms with Crippen LogP contribution in [0.2, 0.25) is 0 Å². The lowest BCUT2D eigenvalue weighted by molar-refractivity contribution is 0.0903. The van der Waals surface area contributed by atoms with Crippen molar-refractivity contribution >= 4 is 5.78 Å². The Labute approximate surface area is 123 Å². The summed E-state index contributed by atoms with van der Waals surface area (Å²) in [4.78, 5) is 19.9. The molecule has 0 aliphatic heterocycles. The number of rotatable bonds is 5. The van der Waals surface area contributed by atoms with Crippen LogP contribution in [0.1, 0.15) is 40.2 Å². The summed E-state index contributed by atoms with van der Waals surface area (Å²) in [6.45, 7) is 1.60. The van der Waals surface area contributed by atoms with Gasteiger partial charge in [0.1, 0.15) is 12.4 Å². The van der Waals surface area contributed by atoms with Crippen molar-refractivity contribution in [3.63, 3.8) is 0 Å². The summed E-state index contributed by atoms with van der Waals surface area (Å²) in [6.07, 6.45) is 6.11. The zero-order valence-electron chi connectivity index (χ0n) is 12.0. The van der Waals surface area contributed by atoms with Gasteiger partial charge < -0.3 is 5.11 Å². The van der Waals surface area contributed by atoms with Gasteiger partial charge in [-0.2, -0.15) is 0 Å². The fraction of sp³-hybridized carbons (Fsp3) is 0.353. The van der Waals surface area contributed by atoms with Crippen molar-refractivity contribution < 1.29 is 9.90 Å². The van der Waals surface area contributed by atoms with E-state index in [1.807, 2.05) is 0 Å². The summed E-state index contributed by atoms with van der Waals surface area (Å²) in [5.74, 6) is 0.407. The third kappa shape index (κ3) is 2.85. The molecule has 3 rings (SSSR count). The topological polar surface area (TPSA) is 63.1 Å². The molecule has 1 aliphatic carbocycles.